The second-order valence-electron chi connectivity index (χ2n) is 9.81. The van der Waals surface area contributed by atoms with E-state index in [1.807, 2.05) is 23.6 Å². The molecule has 0 radical (unpaired) electrons. The van der Waals surface area contributed by atoms with Gasteiger partial charge in [-0.3, -0.25) is 5.10 Å². The average Bonchev–Trinajstić information content (AvgIpc) is 3.62. The molecule has 0 atom stereocenters. The molecule has 0 saturated heterocycles. The fourth-order valence-electron chi connectivity index (χ4n) is 5.29. The molecule has 9 nitrogen and oxygen atoms in total. The highest BCUT2D eigenvalue weighted by molar-refractivity contribution is 7.15. The van der Waals surface area contributed by atoms with E-state index in [0.29, 0.717) is 23.4 Å². The van der Waals surface area contributed by atoms with Crippen molar-refractivity contribution in [1.82, 2.24) is 35.1 Å². The first kappa shape index (κ1) is 24.9. The molecular weight excluding hydrogens is 474 g/mol. The van der Waals surface area contributed by atoms with Crippen molar-refractivity contribution in [2.75, 3.05) is 27.4 Å². The first-order valence-corrected chi connectivity index (χ1v) is 13.5. The number of nitrogens with one attached hydrogen (secondary N) is 2. The van der Waals surface area contributed by atoms with E-state index in [0.717, 1.165) is 46.4 Å². The zero-order chi connectivity index (χ0) is 25.2. The molecule has 0 aliphatic heterocycles. The maximum absolute atomic E-state index is 5.58. The molecule has 10 heteroatoms. The van der Waals surface area contributed by atoms with Crippen molar-refractivity contribution in [3.05, 3.63) is 34.7 Å². The van der Waals surface area contributed by atoms with Gasteiger partial charge in [-0.25, -0.2) is 14.5 Å². The zero-order valence-electron chi connectivity index (χ0n) is 21.7. The van der Waals surface area contributed by atoms with Crippen LogP contribution >= 0.6 is 11.3 Å². The molecular formula is C26H35N7O2S. The van der Waals surface area contributed by atoms with Crippen molar-refractivity contribution in [3.63, 3.8) is 0 Å². The number of rotatable bonds is 9. The Bertz CT molecular complexity index is 1320. The molecule has 1 aliphatic carbocycles. The second kappa shape index (κ2) is 10.7. The molecule has 1 aliphatic rings. The Labute approximate surface area is 215 Å². The average molecular weight is 510 g/mol. The summed E-state index contributed by atoms with van der Waals surface area (Å²) in [6, 6.07) is 2.57. The Balaban J connectivity index is 1.42. The molecule has 5 rings (SSSR count). The van der Waals surface area contributed by atoms with E-state index < -0.39 is 0 Å². The first-order valence-electron chi connectivity index (χ1n) is 12.7. The lowest BCUT2D eigenvalue weighted by molar-refractivity contribution is 0.191. The quantitative estimate of drug-likeness (QED) is 0.308. The number of hydrogen-bond donors (Lipinski definition) is 2. The van der Waals surface area contributed by atoms with Gasteiger partial charge >= 0.3 is 0 Å². The number of aromatic amines is 1. The molecule has 0 unspecified atom stereocenters. The van der Waals surface area contributed by atoms with Gasteiger partial charge in [0.2, 0.25) is 0 Å². The molecule has 4 heterocycles. The van der Waals surface area contributed by atoms with Gasteiger partial charge in [0.1, 0.15) is 11.3 Å². The normalized spacial score (nSPS) is 18.4. The molecule has 192 valence electrons. The number of nitrogens with zero attached hydrogens (tertiary/aromatic N) is 5. The van der Waals surface area contributed by atoms with Crippen molar-refractivity contribution in [3.8, 4) is 27.7 Å². The molecule has 0 aromatic carbocycles. The first-order chi connectivity index (χ1) is 17.5. The summed E-state index contributed by atoms with van der Waals surface area (Å²) in [7, 11) is 3.40. The summed E-state index contributed by atoms with van der Waals surface area (Å²) >= 11 is 1.82. The summed E-state index contributed by atoms with van der Waals surface area (Å²) in [5.41, 5.74) is 5.82. The Morgan fingerprint density at radius 3 is 2.75 bits per heavy atom. The minimum absolute atomic E-state index is 0.257. The molecule has 2 N–H and O–H groups in total. The fraction of sp³-hybridized carbons (Fsp3) is 0.538. The van der Waals surface area contributed by atoms with Crippen LogP contribution in [0, 0.1) is 6.92 Å². The highest BCUT2D eigenvalue weighted by Gasteiger charge is 2.28. The molecule has 4 aromatic heterocycles. The lowest BCUT2D eigenvalue weighted by Crippen LogP contribution is -2.34. The number of hydrogen-bond acceptors (Lipinski definition) is 8. The van der Waals surface area contributed by atoms with Crippen LogP contribution in [0.15, 0.2) is 18.6 Å². The summed E-state index contributed by atoms with van der Waals surface area (Å²) < 4.78 is 12.5. The topological polar surface area (TPSA) is 102 Å². The van der Waals surface area contributed by atoms with E-state index in [1.54, 1.807) is 18.7 Å². The van der Waals surface area contributed by atoms with E-state index in [1.165, 1.54) is 36.9 Å². The van der Waals surface area contributed by atoms with Gasteiger partial charge in [0.15, 0.2) is 11.4 Å². The SMILES string of the molecule is COCCNC1CCC(c2sc(-c3[nH]nc(-c4cc(OC)c5ncnn5c4)c3C(C)C)nc2C)CC1. The van der Waals surface area contributed by atoms with Crippen molar-refractivity contribution in [2.45, 2.75) is 64.3 Å². The third-order valence-electron chi connectivity index (χ3n) is 7.10. The van der Waals surface area contributed by atoms with E-state index in [2.05, 4.69) is 41.3 Å². The molecule has 1 saturated carbocycles. The van der Waals surface area contributed by atoms with Crippen LogP contribution < -0.4 is 10.1 Å². The summed E-state index contributed by atoms with van der Waals surface area (Å²) in [5.74, 6) is 1.50. The third kappa shape index (κ3) is 4.77. The van der Waals surface area contributed by atoms with Crippen molar-refractivity contribution in [1.29, 1.82) is 0 Å². The highest BCUT2D eigenvalue weighted by atomic mass is 32.1. The van der Waals surface area contributed by atoms with E-state index in [4.69, 9.17) is 19.6 Å². The number of aryl methyl sites for hydroxylation is 1. The Morgan fingerprint density at radius 1 is 1.22 bits per heavy atom. The van der Waals surface area contributed by atoms with Crippen LogP contribution in [0.25, 0.3) is 27.6 Å². The van der Waals surface area contributed by atoms with Gasteiger partial charge < -0.3 is 14.8 Å². The predicted octanol–water partition coefficient (Wildman–Crippen LogP) is 4.95. The van der Waals surface area contributed by atoms with Crippen LogP contribution in [-0.2, 0) is 4.74 Å². The molecule has 4 aromatic rings. The predicted molar refractivity (Wildman–Crippen MR) is 142 cm³/mol. The van der Waals surface area contributed by atoms with Crippen molar-refractivity contribution in [2.24, 2.45) is 0 Å². The van der Waals surface area contributed by atoms with Gasteiger partial charge in [-0.2, -0.15) is 10.2 Å². The van der Waals surface area contributed by atoms with Crippen LogP contribution in [0.3, 0.4) is 0 Å². The number of thiazole rings is 1. The minimum Gasteiger partial charge on any atom is -0.493 e. The van der Waals surface area contributed by atoms with Gasteiger partial charge in [-0.05, 0) is 50.5 Å². The third-order valence-corrected chi connectivity index (χ3v) is 8.44. The van der Waals surface area contributed by atoms with Gasteiger partial charge in [-0.1, -0.05) is 13.8 Å². The molecule has 1 fully saturated rings. The van der Waals surface area contributed by atoms with Gasteiger partial charge in [0, 0.05) is 41.9 Å². The summed E-state index contributed by atoms with van der Waals surface area (Å²) in [4.78, 5) is 10.7. The number of fused-ring (bicyclic) bond motifs is 1. The number of ether oxygens (including phenoxy) is 2. The summed E-state index contributed by atoms with van der Waals surface area (Å²) in [6.45, 7) is 8.23. The Morgan fingerprint density at radius 2 is 2.03 bits per heavy atom. The fourth-order valence-corrected chi connectivity index (χ4v) is 6.53. The molecule has 0 bridgehead atoms. The van der Waals surface area contributed by atoms with Gasteiger partial charge in [0.25, 0.3) is 0 Å². The van der Waals surface area contributed by atoms with E-state index in [-0.39, 0.29) is 5.92 Å². The zero-order valence-corrected chi connectivity index (χ0v) is 22.5. The molecule has 0 amide bonds. The smallest absolute Gasteiger partial charge is 0.197 e. The number of pyridine rings is 1. The Kier molecular flexibility index (Phi) is 7.36. The van der Waals surface area contributed by atoms with E-state index in [9.17, 15) is 0 Å². The van der Waals surface area contributed by atoms with Gasteiger partial charge in [-0.15, -0.1) is 11.3 Å². The van der Waals surface area contributed by atoms with Crippen molar-refractivity contribution < 1.29 is 9.47 Å². The largest absolute Gasteiger partial charge is 0.493 e. The highest BCUT2D eigenvalue weighted by Crippen LogP contribution is 2.43. The monoisotopic (exact) mass is 509 g/mol. The van der Waals surface area contributed by atoms with Crippen LogP contribution in [0.5, 0.6) is 5.75 Å². The minimum atomic E-state index is 0.257. The van der Waals surface area contributed by atoms with E-state index >= 15 is 0 Å². The lowest BCUT2D eigenvalue weighted by Gasteiger charge is -2.28. The lowest BCUT2D eigenvalue weighted by atomic mass is 9.84. The number of aromatic nitrogens is 6. The summed E-state index contributed by atoms with van der Waals surface area (Å²) in [5, 5.41) is 17.0. The second-order valence-corrected chi connectivity index (χ2v) is 10.8. The standard InChI is InChI=1S/C26H35N7O2S/c1-15(2)21-22(18-12-20(35-5)25-28-14-29-33(25)13-18)31-32-23(21)26-30-16(3)24(36-26)17-6-8-19(9-7-17)27-10-11-34-4/h12-15,17,19,27H,6-11H2,1-5H3,(H,31,32). The maximum atomic E-state index is 5.58. The molecule has 36 heavy (non-hydrogen) atoms. The van der Waals surface area contributed by atoms with Crippen LogP contribution in [-0.4, -0.2) is 63.2 Å². The number of H-pyrrole nitrogens is 1. The summed E-state index contributed by atoms with van der Waals surface area (Å²) in [6.07, 6.45) is 8.25. The van der Waals surface area contributed by atoms with Crippen LogP contribution in [0.1, 0.15) is 67.5 Å². The maximum Gasteiger partial charge on any atom is 0.197 e. The molecule has 0 spiro atoms. The van der Waals surface area contributed by atoms with Crippen LogP contribution in [0.4, 0.5) is 0 Å². The van der Waals surface area contributed by atoms with Gasteiger partial charge in [0.05, 0.1) is 30.8 Å². The van der Waals surface area contributed by atoms with Crippen molar-refractivity contribution >= 4 is 17.0 Å². The van der Waals surface area contributed by atoms with Crippen LogP contribution in [0.2, 0.25) is 0 Å². The Hall–Kier alpha value is -2.82. The number of methoxy groups -OCH3 is 2.